The molecule has 84 valence electrons. The molecule has 1 atom stereocenters. The van der Waals surface area contributed by atoms with E-state index in [2.05, 4.69) is 19.2 Å². The third kappa shape index (κ3) is 2.96. The molecular weight excluding hydrogens is 174 g/mol. The second-order valence-electron chi connectivity index (χ2n) is 4.68. The van der Waals surface area contributed by atoms with Gasteiger partial charge in [0.15, 0.2) is 0 Å². The van der Waals surface area contributed by atoms with E-state index in [1.54, 1.807) is 0 Å². The molecule has 0 aromatic carbocycles. The van der Waals surface area contributed by atoms with Crippen LogP contribution < -0.4 is 5.32 Å². The van der Waals surface area contributed by atoms with Crippen LogP contribution in [0.3, 0.4) is 0 Å². The van der Waals surface area contributed by atoms with E-state index in [1.165, 1.54) is 32.1 Å². The minimum Gasteiger partial charge on any atom is -0.394 e. The summed E-state index contributed by atoms with van der Waals surface area (Å²) in [5.74, 6) is 0. The summed E-state index contributed by atoms with van der Waals surface area (Å²) in [5.41, 5.74) is 0.0653. The smallest absolute Gasteiger partial charge is 0.0613 e. The van der Waals surface area contributed by atoms with Gasteiger partial charge in [-0.05, 0) is 25.7 Å². The fourth-order valence-corrected chi connectivity index (χ4v) is 2.56. The molecule has 1 rings (SSSR count). The predicted molar refractivity (Wildman–Crippen MR) is 60.4 cm³/mol. The second-order valence-corrected chi connectivity index (χ2v) is 4.68. The minimum atomic E-state index is 0.0653. The van der Waals surface area contributed by atoms with E-state index in [-0.39, 0.29) is 5.54 Å². The van der Waals surface area contributed by atoms with Gasteiger partial charge in [-0.1, -0.05) is 33.1 Å². The van der Waals surface area contributed by atoms with Gasteiger partial charge in [-0.25, -0.2) is 0 Å². The fraction of sp³-hybridized carbons (Fsp3) is 1.00. The molecule has 0 bridgehead atoms. The first-order valence-electron chi connectivity index (χ1n) is 6.15. The Morgan fingerprint density at radius 1 is 1.29 bits per heavy atom. The maximum absolute atomic E-state index is 9.47. The molecule has 1 saturated carbocycles. The van der Waals surface area contributed by atoms with E-state index in [1.807, 2.05) is 0 Å². The summed E-state index contributed by atoms with van der Waals surface area (Å²) in [6, 6.07) is 0.602. The summed E-state index contributed by atoms with van der Waals surface area (Å²) < 4.78 is 0. The number of hydrogen-bond acceptors (Lipinski definition) is 2. The minimum absolute atomic E-state index is 0.0653. The Labute approximate surface area is 88.1 Å². The molecule has 1 aliphatic rings. The van der Waals surface area contributed by atoms with Crippen LogP contribution in [0, 0.1) is 0 Å². The van der Waals surface area contributed by atoms with Gasteiger partial charge in [-0.3, -0.25) is 0 Å². The van der Waals surface area contributed by atoms with E-state index in [0.29, 0.717) is 12.6 Å². The normalized spacial score (nSPS) is 22.5. The summed E-state index contributed by atoms with van der Waals surface area (Å²) in [7, 11) is 0. The molecule has 0 aromatic heterocycles. The van der Waals surface area contributed by atoms with Gasteiger partial charge in [0.25, 0.3) is 0 Å². The zero-order chi connectivity index (χ0) is 10.4. The van der Waals surface area contributed by atoms with Crippen molar-refractivity contribution in [1.82, 2.24) is 5.32 Å². The predicted octanol–water partition coefficient (Wildman–Crippen LogP) is 2.46. The standard InChI is InChI=1S/C12H25NO/c1-3-7-11(4-2)13-12(10-14)8-5-6-9-12/h11,13-14H,3-10H2,1-2H3. The van der Waals surface area contributed by atoms with Crippen molar-refractivity contribution < 1.29 is 5.11 Å². The van der Waals surface area contributed by atoms with Crippen molar-refractivity contribution in [1.29, 1.82) is 0 Å². The summed E-state index contributed by atoms with van der Waals surface area (Å²) in [5, 5.41) is 13.1. The third-order valence-corrected chi connectivity index (χ3v) is 3.50. The summed E-state index contributed by atoms with van der Waals surface area (Å²) >= 11 is 0. The Morgan fingerprint density at radius 2 is 1.93 bits per heavy atom. The summed E-state index contributed by atoms with van der Waals surface area (Å²) in [6.45, 7) is 4.77. The lowest BCUT2D eigenvalue weighted by molar-refractivity contribution is 0.147. The van der Waals surface area contributed by atoms with Crippen LogP contribution in [-0.2, 0) is 0 Å². The zero-order valence-corrected chi connectivity index (χ0v) is 9.68. The van der Waals surface area contributed by atoms with Crippen LogP contribution in [0.5, 0.6) is 0 Å². The lowest BCUT2D eigenvalue weighted by Gasteiger charge is -2.33. The van der Waals surface area contributed by atoms with Crippen molar-refractivity contribution in [2.75, 3.05) is 6.61 Å². The fourth-order valence-electron chi connectivity index (χ4n) is 2.56. The molecule has 1 aliphatic carbocycles. The quantitative estimate of drug-likeness (QED) is 0.688. The highest BCUT2D eigenvalue weighted by atomic mass is 16.3. The largest absolute Gasteiger partial charge is 0.394 e. The van der Waals surface area contributed by atoms with E-state index in [9.17, 15) is 5.11 Å². The number of hydrogen-bond donors (Lipinski definition) is 2. The molecule has 0 saturated heterocycles. The highest BCUT2D eigenvalue weighted by Gasteiger charge is 2.34. The first kappa shape index (κ1) is 12.0. The van der Waals surface area contributed by atoms with Gasteiger partial charge in [-0.2, -0.15) is 0 Å². The molecule has 1 fully saturated rings. The van der Waals surface area contributed by atoms with E-state index < -0.39 is 0 Å². The van der Waals surface area contributed by atoms with Gasteiger partial charge in [0.05, 0.1) is 6.61 Å². The molecule has 2 N–H and O–H groups in total. The Bertz CT molecular complexity index is 152. The Morgan fingerprint density at radius 3 is 2.36 bits per heavy atom. The molecule has 2 nitrogen and oxygen atoms in total. The van der Waals surface area contributed by atoms with Crippen molar-refractivity contribution >= 4 is 0 Å². The molecule has 0 aliphatic heterocycles. The van der Waals surface area contributed by atoms with Crippen molar-refractivity contribution in [2.24, 2.45) is 0 Å². The molecule has 0 heterocycles. The highest BCUT2D eigenvalue weighted by molar-refractivity contribution is 4.94. The number of rotatable bonds is 6. The second kappa shape index (κ2) is 5.72. The molecule has 0 aromatic rings. The van der Waals surface area contributed by atoms with Crippen LogP contribution >= 0.6 is 0 Å². The molecule has 0 radical (unpaired) electrons. The van der Waals surface area contributed by atoms with Crippen molar-refractivity contribution in [2.45, 2.75) is 70.4 Å². The number of nitrogens with one attached hydrogen (secondary N) is 1. The first-order valence-corrected chi connectivity index (χ1v) is 6.15. The Balaban J connectivity index is 2.44. The van der Waals surface area contributed by atoms with Crippen LogP contribution in [0.1, 0.15) is 58.8 Å². The lowest BCUT2D eigenvalue weighted by Crippen LogP contribution is -2.51. The zero-order valence-electron chi connectivity index (χ0n) is 9.68. The molecule has 2 heteroatoms. The molecule has 0 spiro atoms. The lowest BCUT2D eigenvalue weighted by atomic mass is 9.95. The maximum atomic E-state index is 9.47. The van der Waals surface area contributed by atoms with E-state index in [0.717, 1.165) is 12.8 Å². The van der Waals surface area contributed by atoms with E-state index in [4.69, 9.17) is 0 Å². The topological polar surface area (TPSA) is 32.3 Å². The van der Waals surface area contributed by atoms with Gasteiger partial charge in [0.1, 0.15) is 0 Å². The van der Waals surface area contributed by atoms with Crippen molar-refractivity contribution in [3.63, 3.8) is 0 Å². The van der Waals surface area contributed by atoms with E-state index >= 15 is 0 Å². The number of aliphatic hydroxyl groups excluding tert-OH is 1. The van der Waals surface area contributed by atoms with Gasteiger partial charge in [-0.15, -0.1) is 0 Å². The monoisotopic (exact) mass is 199 g/mol. The average Bonchev–Trinajstić information content (AvgIpc) is 2.66. The summed E-state index contributed by atoms with van der Waals surface area (Å²) in [4.78, 5) is 0. The highest BCUT2D eigenvalue weighted by Crippen LogP contribution is 2.30. The van der Waals surface area contributed by atoms with Gasteiger partial charge < -0.3 is 10.4 Å². The number of aliphatic hydroxyl groups is 1. The third-order valence-electron chi connectivity index (χ3n) is 3.50. The van der Waals surface area contributed by atoms with Crippen LogP contribution in [0.4, 0.5) is 0 Å². The Kier molecular flexibility index (Phi) is 4.90. The first-order chi connectivity index (χ1) is 6.76. The maximum Gasteiger partial charge on any atom is 0.0613 e. The van der Waals surface area contributed by atoms with Gasteiger partial charge >= 0.3 is 0 Å². The SMILES string of the molecule is CCCC(CC)NC1(CO)CCCC1. The van der Waals surface area contributed by atoms with Crippen LogP contribution in [0.25, 0.3) is 0 Å². The molecular formula is C12H25NO. The van der Waals surface area contributed by atoms with Crippen molar-refractivity contribution in [3.8, 4) is 0 Å². The van der Waals surface area contributed by atoms with Crippen LogP contribution in [0.2, 0.25) is 0 Å². The molecule has 0 amide bonds. The van der Waals surface area contributed by atoms with Crippen LogP contribution in [-0.4, -0.2) is 23.3 Å². The summed E-state index contributed by atoms with van der Waals surface area (Å²) in [6.07, 6.45) is 8.50. The average molecular weight is 199 g/mol. The van der Waals surface area contributed by atoms with Crippen LogP contribution in [0.15, 0.2) is 0 Å². The van der Waals surface area contributed by atoms with Gasteiger partial charge in [0, 0.05) is 11.6 Å². The Hall–Kier alpha value is -0.0800. The molecule has 14 heavy (non-hydrogen) atoms. The molecule has 1 unspecified atom stereocenters. The van der Waals surface area contributed by atoms with Crippen molar-refractivity contribution in [3.05, 3.63) is 0 Å². The van der Waals surface area contributed by atoms with Gasteiger partial charge in [0.2, 0.25) is 0 Å².